The summed E-state index contributed by atoms with van der Waals surface area (Å²) in [6, 6.07) is 1.71. The molecule has 0 aliphatic rings. The van der Waals surface area contributed by atoms with E-state index < -0.39 is 8.07 Å². The lowest BCUT2D eigenvalue weighted by molar-refractivity contribution is 0.939. The maximum absolute atomic E-state index is 5.85. The summed E-state index contributed by atoms with van der Waals surface area (Å²) in [6.45, 7) is 6.60. The molecule has 16 heavy (non-hydrogen) atoms. The fraction of sp³-hybridized carbons (Fsp3) is 0.273. The molecule has 0 saturated heterocycles. The topological polar surface area (TPSA) is 30.2 Å². The molecule has 2 aromatic rings. The molecule has 0 unspecified atom stereocenters. The van der Waals surface area contributed by atoms with Crippen molar-refractivity contribution in [1.29, 1.82) is 0 Å². The fourth-order valence-electron chi connectivity index (χ4n) is 1.19. The Kier molecular flexibility index (Phi) is 2.74. The van der Waals surface area contributed by atoms with Gasteiger partial charge >= 0.3 is 0 Å². The number of rotatable bonds is 0. The average Bonchev–Trinajstić information content (AvgIpc) is 2.56. The van der Waals surface area contributed by atoms with Crippen molar-refractivity contribution in [3.05, 3.63) is 29.2 Å². The molecule has 0 aliphatic carbocycles. The van der Waals surface area contributed by atoms with E-state index in [1.54, 1.807) is 23.0 Å². The van der Waals surface area contributed by atoms with Gasteiger partial charge in [0, 0.05) is 6.20 Å². The normalized spacial score (nSPS) is 11.2. The quantitative estimate of drug-likeness (QED) is 0.408. The highest BCUT2D eigenvalue weighted by Crippen LogP contribution is 2.11. The summed E-state index contributed by atoms with van der Waals surface area (Å²) in [5.74, 6) is 3.14. The largest absolute Gasteiger partial charge is 0.221 e. The Bertz CT molecular complexity index is 587. The lowest BCUT2D eigenvalue weighted by Crippen LogP contribution is -2.16. The summed E-state index contributed by atoms with van der Waals surface area (Å²) < 4.78 is 1.68. The van der Waals surface area contributed by atoms with Gasteiger partial charge in [-0.2, -0.15) is 5.10 Å². The van der Waals surface area contributed by atoms with Gasteiger partial charge in [0.2, 0.25) is 0 Å². The van der Waals surface area contributed by atoms with Gasteiger partial charge in [-0.05, 0) is 6.07 Å². The third kappa shape index (κ3) is 2.43. The van der Waals surface area contributed by atoms with Crippen LogP contribution in [0.4, 0.5) is 0 Å². The zero-order chi connectivity index (χ0) is 11.8. The highest BCUT2D eigenvalue weighted by molar-refractivity contribution is 6.83. The van der Waals surface area contributed by atoms with E-state index >= 15 is 0 Å². The second-order valence-electron chi connectivity index (χ2n) is 4.58. The molecular weight excluding hydrogens is 238 g/mol. The summed E-state index contributed by atoms with van der Waals surface area (Å²) in [5, 5.41) is 4.63. The molecule has 2 aromatic heterocycles. The molecule has 0 aliphatic heterocycles. The van der Waals surface area contributed by atoms with Crippen LogP contribution in [0.3, 0.4) is 0 Å². The van der Waals surface area contributed by atoms with Gasteiger partial charge in [-0.3, -0.25) is 0 Å². The van der Waals surface area contributed by atoms with Crippen molar-refractivity contribution >= 4 is 25.3 Å². The number of fused-ring (bicyclic) bond motifs is 1. The minimum Gasteiger partial charge on any atom is -0.221 e. The smallest absolute Gasteiger partial charge is 0.172 e. The van der Waals surface area contributed by atoms with Crippen LogP contribution in [0.1, 0.15) is 5.56 Å². The van der Waals surface area contributed by atoms with E-state index in [0.717, 1.165) is 11.2 Å². The van der Waals surface area contributed by atoms with Crippen molar-refractivity contribution < 1.29 is 0 Å². The summed E-state index contributed by atoms with van der Waals surface area (Å²) in [6.07, 6.45) is 3.51. The standard InChI is InChI=1S/C11H12ClN3Si/c1-16(2,3)7-5-9-8-13-15-6-4-10(12)14-11(9)15/h4,6,8H,1-3H3. The molecule has 0 amide bonds. The Morgan fingerprint density at radius 3 is 2.81 bits per heavy atom. The van der Waals surface area contributed by atoms with Crippen LogP contribution < -0.4 is 0 Å². The number of hydrogen-bond acceptors (Lipinski definition) is 2. The summed E-state index contributed by atoms with van der Waals surface area (Å²) in [4.78, 5) is 4.22. The van der Waals surface area contributed by atoms with E-state index in [-0.39, 0.29) is 0 Å². The molecule has 0 radical (unpaired) electrons. The molecule has 0 N–H and O–H groups in total. The minimum absolute atomic E-state index is 0.462. The molecule has 0 fully saturated rings. The van der Waals surface area contributed by atoms with Crippen LogP contribution in [0.2, 0.25) is 24.8 Å². The number of hydrogen-bond donors (Lipinski definition) is 0. The number of aromatic nitrogens is 3. The van der Waals surface area contributed by atoms with Crippen LogP contribution in [0.15, 0.2) is 18.5 Å². The first kappa shape index (κ1) is 11.2. The third-order valence-corrected chi connectivity index (χ3v) is 2.99. The van der Waals surface area contributed by atoms with Gasteiger partial charge in [0.25, 0.3) is 0 Å². The van der Waals surface area contributed by atoms with E-state index in [1.165, 1.54) is 0 Å². The van der Waals surface area contributed by atoms with Gasteiger partial charge in [0.15, 0.2) is 5.65 Å². The van der Waals surface area contributed by atoms with Gasteiger partial charge in [-0.25, -0.2) is 9.50 Å². The predicted molar refractivity (Wildman–Crippen MR) is 68.2 cm³/mol. The van der Waals surface area contributed by atoms with Crippen molar-refractivity contribution in [2.45, 2.75) is 19.6 Å². The Morgan fingerprint density at radius 1 is 1.38 bits per heavy atom. The first-order valence-electron chi connectivity index (χ1n) is 4.99. The molecule has 0 spiro atoms. The molecule has 0 atom stereocenters. The maximum atomic E-state index is 5.85. The summed E-state index contributed by atoms with van der Waals surface area (Å²) in [7, 11) is -1.37. The SMILES string of the molecule is C[Si](C)(C)C#Cc1cnn2ccc(Cl)nc12. The zero-order valence-electron chi connectivity index (χ0n) is 9.45. The van der Waals surface area contributed by atoms with E-state index in [0.29, 0.717) is 5.15 Å². The summed E-state index contributed by atoms with van der Waals surface area (Å²) >= 11 is 5.85. The van der Waals surface area contributed by atoms with Crippen LogP contribution in [0, 0.1) is 11.5 Å². The highest BCUT2D eigenvalue weighted by atomic mass is 35.5. The third-order valence-electron chi connectivity index (χ3n) is 1.91. The zero-order valence-corrected chi connectivity index (χ0v) is 11.2. The number of nitrogens with zero attached hydrogens (tertiary/aromatic N) is 3. The fourth-order valence-corrected chi connectivity index (χ4v) is 1.84. The Labute approximate surface area is 100 Å². The van der Waals surface area contributed by atoms with Gasteiger partial charge in [0.1, 0.15) is 13.2 Å². The molecule has 2 rings (SSSR count). The molecule has 5 heteroatoms. The van der Waals surface area contributed by atoms with Crippen LogP contribution in [-0.2, 0) is 0 Å². The van der Waals surface area contributed by atoms with E-state index in [2.05, 4.69) is 41.2 Å². The van der Waals surface area contributed by atoms with Gasteiger partial charge in [0.05, 0.1) is 11.8 Å². The highest BCUT2D eigenvalue weighted by Gasteiger charge is 2.09. The second kappa shape index (κ2) is 3.93. The first-order valence-corrected chi connectivity index (χ1v) is 8.86. The van der Waals surface area contributed by atoms with E-state index in [1.807, 2.05) is 0 Å². The molecule has 3 nitrogen and oxygen atoms in total. The first-order chi connectivity index (χ1) is 7.46. The minimum atomic E-state index is -1.37. The van der Waals surface area contributed by atoms with Crippen LogP contribution in [0.5, 0.6) is 0 Å². The van der Waals surface area contributed by atoms with Gasteiger partial charge in [-0.1, -0.05) is 37.2 Å². The number of halogens is 1. The Balaban J connectivity index is 2.52. The van der Waals surface area contributed by atoms with Crippen LogP contribution >= 0.6 is 11.6 Å². The second-order valence-corrected chi connectivity index (χ2v) is 9.71. The lowest BCUT2D eigenvalue weighted by atomic mass is 10.3. The van der Waals surface area contributed by atoms with Crippen molar-refractivity contribution in [2.24, 2.45) is 0 Å². The molecule has 82 valence electrons. The van der Waals surface area contributed by atoms with Crippen LogP contribution in [0.25, 0.3) is 5.65 Å². The molecule has 0 bridgehead atoms. The van der Waals surface area contributed by atoms with Crippen molar-refractivity contribution in [3.63, 3.8) is 0 Å². The summed E-state index contributed by atoms with van der Waals surface area (Å²) in [5.41, 5.74) is 4.85. The van der Waals surface area contributed by atoms with E-state index in [4.69, 9.17) is 11.6 Å². The van der Waals surface area contributed by atoms with E-state index in [9.17, 15) is 0 Å². The predicted octanol–water partition coefficient (Wildman–Crippen LogP) is 2.61. The molecular formula is C11H12ClN3Si. The monoisotopic (exact) mass is 249 g/mol. The Morgan fingerprint density at radius 2 is 2.12 bits per heavy atom. The average molecular weight is 250 g/mol. The van der Waals surface area contributed by atoms with Crippen LogP contribution in [-0.4, -0.2) is 22.7 Å². The van der Waals surface area contributed by atoms with Crippen molar-refractivity contribution in [2.75, 3.05) is 0 Å². The molecule has 2 heterocycles. The lowest BCUT2D eigenvalue weighted by Gasteiger charge is -2.02. The molecule has 0 saturated carbocycles. The Hall–Kier alpha value is -1.31. The van der Waals surface area contributed by atoms with Crippen molar-refractivity contribution in [3.8, 4) is 11.5 Å². The van der Waals surface area contributed by atoms with Gasteiger partial charge < -0.3 is 0 Å². The molecule has 0 aromatic carbocycles. The maximum Gasteiger partial charge on any atom is 0.172 e. The van der Waals surface area contributed by atoms with Gasteiger partial charge in [-0.15, -0.1) is 5.54 Å². The van der Waals surface area contributed by atoms with Crippen molar-refractivity contribution in [1.82, 2.24) is 14.6 Å².